The van der Waals surface area contributed by atoms with Gasteiger partial charge in [-0.1, -0.05) is 43.3 Å². The smallest absolute Gasteiger partial charge is 0.240 e. The van der Waals surface area contributed by atoms with Crippen LogP contribution >= 0.6 is 0 Å². The summed E-state index contributed by atoms with van der Waals surface area (Å²) >= 11 is 0. The number of aromatic nitrogens is 5. The lowest BCUT2D eigenvalue weighted by molar-refractivity contribution is -0.121. The lowest BCUT2D eigenvalue weighted by Crippen LogP contribution is -2.29. The number of hydrogen-bond acceptors (Lipinski definition) is 7. The number of imidazole rings is 2. The summed E-state index contributed by atoms with van der Waals surface area (Å²) in [5.41, 5.74) is 10.4. The van der Waals surface area contributed by atoms with Gasteiger partial charge in [0.2, 0.25) is 5.91 Å². The van der Waals surface area contributed by atoms with Crippen molar-refractivity contribution in [2.45, 2.75) is 39.4 Å². The van der Waals surface area contributed by atoms with Crippen molar-refractivity contribution in [2.24, 2.45) is 0 Å². The summed E-state index contributed by atoms with van der Waals surface area (Å²) in [5, 5.41) is 8.15. The first-order chi connectivity index (χ1) is 22.4. The lowest BCUT2D eigenvalue weighted by Gasteiger charge is -2.24. The van der Waals surface area contributed by atoms with Gasteiger partial charge < -0.3 is 30.7 Å². The van der Waals surface area contributed by atoms with Gasteiger partial charge in [-0.3, -0.25) is 4.79 Å². The van der Waals surface area contributed by atoms with E-state index < -0.39 is 11.9 Å². The van der Waals surface area contributed by atoms with Gasteiger partial charge in [0.25, 0.3) is 0 Å². The second-order valence-electron chi connectivity index (χ2n) is 10.8. The van der Waals surface area contributed by atoms with Crippen molar-refractivity contribution in [1.82, 2.24) is 29.8 Å². The second-order valence-corrected chi connectivity index (χ2v) is 10.8. The quantitative estimate of drug-likeness (QED) is 0.132. The number of nitrogens with one attached hydrogen (secondary N) is 3. The molecule has 0 aliphatic carbocycles. The summed E-state index contributed by atoms with van der Waals surface area (Å²) in [6.07, 6.45) is 7.36. The molecule has 5 N–H and O–H groups in total. The van der Waals surface area contributed by atoms with Gasteiger partial charge in [0, 0.05) is 40.8 Å². The molecule has 3 heterocycles. The van der Waals surface area contributed by atoms with E-state index in [1.54, 1.807) is 29.4 Å². The summed E-state index contributed by atoms with van der Waals surface area (Å²) in [4.78, 5) is 29.5. The van der Waals surface area contributed by atoms with E-state index >= 15 is 4.39 Å². The van der Waals surface area contributed by atoms with E-state index in [-0.39, 0.29) is 24.7 Å². The maximum absolute atomic E-state index is 16.4. The van der Waals surface area contributed by atoms with Gasteiger partial charge in [-0.25, -0.2) is 19.3 Å². The molecule has 3 aromatic carbocycles. The first-order valence-electron chi connectivity index (χ1n) is 15.2. The number of nitrogens with zero attached hydrogens (tertiary/aromatic N) is 4. The first kappa shape index (κ1) is 30.3. The molecular formula is C35H35FN8O2. The van der Waals surface area contributed by atoms with Crippen molar-refractivity contribution in [2.75, 3.05) is 17.7 Å². The number of carbonyl (C=O) groups is 1. The summed E-state index contributed by atoms with van der Waals surface area (Å²) in [6, 6.07) is 20.0. The molecule has 0 radical (unpaired) electrons. The summed E-state index contributed by atoms with van der Waals surface area (Å²) in [6.45, 7) is 4.38. The fraction of sp³-hybridized carbons (Fsp3) is 0.200. The number of nitrogen functional groups attached to an aromatic ring is 1. The Hall–Kier alpha value is -5.71. The van der Waals surface area contributed by atoms with E-state index in [2.05, 4.69) is 25.6 Å². The molecule has 1 atom stereocenters. The third-order valence-electron chi connectivity index (χ3n) is 7.73. The number of halogens is 1. The van der Waals surface area contributed by atoms with Crippen LogP contribution < -0.4 is 21.1 Å². The second kappa shape index (κ2) is 13.5. The number of ether oxygens (including phenoxy) is 1. The fourth-order valence-corrected chi connectivity index (χ4v) is 5.41. The minimum absolute atomic E-state index is 0.0468. The Morgan fingerprint density at radius 2 is 1.96 bits per heavy atom. The number of anilines is 2. The Bertz CT molecular complexity index is 1960. The van der Waals surface area contributed by atoms with Gasteiger partial charge >= 0.3 is 0 Å². The highest BCUT2D eigenvalue weighted by Gasteiger charge is 2.28. The largest absolute Gasteiger partial charge is 0.491 e. The Morgan fingerprint density at radius 1 is 1.11 bits per heavy atom. The maximum Gasteiger partial charge on any atom is 0.240 e. The molecule has 46 heavy (non-hydrogen) atoms. The molecule has 6 aromatic rings. The zero-order chi connectivity index (χ0) is 32.0. The molecule has 0 saturated heterocycles. The molecule has 1 unspecified atom stereocenters. The van der Waals surface area contributed by atoms with Crippen LogP contribution in [0.3, 0.4) is 0 Å². The predicted molar refractivity (Wildman–Crippen MR) is 177 cm³/mol. The third kappa shape index (κ3) is 6.53. The average molecular weight is 619 g/mol. The van der Waals surface area contributed by atoms with Crippen molar-refractivity contribution in [3.63, 3.8) is 0 Å². The highest BCUT2D eigenvalue weighted by atomic mass is 19.1. The Kier molecular flexibility index (Phi) is 8.91. The van der Waals surface area contributed by atoms with Crippen molar-refractivity contribution in [3.8, 4) is 17.0 Å². The summed E-state index contributed by atoms with van der Waals surface area (Å²) in [7, 11) is 0. The standard InChI is InChI=1S/C35H35FN8O2/c1-3-22-14-28(32(36)30(15-22)46-4-2)33(42-25-10-11-27-24(16-25)12-13-39-34(27)37)35-43-29(23-8-6-5-7-9-23)19-44(35)20-31(45)40-18-26-17-38-21-41-26/h5-17,19,21,33,42H,3-4,18,20H2,1-2H3,(H2,37,39)(H,38,41)(H,40,45). The SMILES string of the molecule is CCOc1cc(CC)cc(C(Nc2ccc3c(N)nccc3c2)c2nc(-c3ccccc3)cn2CC(=O)NCc2cnc[nH]2)c1F. The number of aromatic amines is 1. The molecule has 0 bridgehead atoms. The van der Waals surface area contributed by atoms with Crippen LogP contribution in [0.15, 0.2) is 91.6 Å². The molecule has 11 heteroatoms. The molecule has 234 valence electrons. The van der Waals surface area contributed by atoms with Gasteiger partial charge in [0.1, 0.15) is 24.2 Å². The number of H-pyrrole nitrogens is 1. The van der Waals surface area contributed by atoms with E-state index in [0.29, 0.717) is 41.6 Å². The maximum atomic E-state index is 16.4. The number of pyridine rings is 1. The number of carbonyl (C=O) groups excluding carboxylic acids is 1. The Morgan fingerprint density at radius 3 is 2.72 bits per heavy atom. The van der Waals surface area contributed by atoms with E-state index in [4.69, 9.17) is 15.5 Å². The summed E-state index contributed by atoms with van der Waals surface area (Å²) in [5.74, 6) is 0.315. The first-order valence-corrected chi connectivity index (χ1v) is 15.2. The molecule has 1 amide bonds. The van der Waals surface area contributed by atoms with Crippen molar-refractivity contribution >= 4 is 28.2 Å². The molecule has 0 saturated carbocycles. The van der Waals surface area contributed by atoms with Crippen LogP contribution in [0.25, 0.3) is 22.0 Å². The van der Waals surface area contributed by atoms with Crippen LogP contribution in [0.5, 0.6) is 5.75 Å². The minimum Gasteiger partial charge on any atom is -0.491 e. The average Bonchev–Trinajstić information content (AvgIpc) is 3.75. The van der Waals surface area contributed by atoms with Crippen LogP contribution in [0.4, 0.5) is 15.9 Å². The van der Waals surface area contributed by atoms with Gasteiger partial charge in [-0.2, -0.15) is 0 Å². The third-order valence-corrected chi connectivity index (χ3v) is 7.73. The van der Waals surface area contributed by atoms with E-state index in [1.807, 2.05) is 80.7 Å². The zero-order valence-electron chi connectivity index (χ0n) is 25.6. The van der Waals surface area contributed by atoms with E-state index in [1.165, 1.54) is 0 Å². The molecule has 10 nitrogen and oxygen atoms in total. The monoisotopic (exact) mass is 618 g/mol. The van der Waals surface area contributed by atoms with Crippen LogP contribution in [-0.4, -0.2) is 37.0 Å². The minimum atomic E-state index is -0.805. The number of amides is 1. The van der Waals surface area contributed by atoms with E-state index in [9.17, 15) is 4.79 Å². The molecule has 3 aromatic heterocycles. The molecule has 0 fully saturated rings. The topological polar surface area (TPSA) is 136 Å². The number of aryl methyl sites for hydroxylation is 1. The molecule has 0 aliphatic heterocycles. The van der Waals surface area contributed by atoms with Crippen LogP contribution in [-0.2, 0) is 24.3 Å². The van der Waals surface area contributed by atoms with E-state index in [0.717, 1.165) is 27.6 Å². The number of benzene rings is 3. The highest BCUT2D eigenvalue weighted by Crippen LogP contribution is 2.36. The van der Waals surface area contributed by atoms with Gasteiger partial charge in [0.15, 0.2) is 11.6 Å². The fourth-order valence-electron chi connectivity index (χ4n) is 5.41. The number of hydrogen-bond donors (Lipinski definition) is 4. The van der Waals surface area contributed by atoms with Crippen molar-refractivity contribution in [3.05, 3.63) is 120 Å². The number of rotatable bonds is 12. The Balaban J connectivity index is 1.48. The highest BCUT2D eigenvalue weighted by molar-refractivity contribution is 5.93. The van der Waals surface area contributed by atoms with Crippen LogP contribution in [0, 0.1) is 5.82 Å². The molecule has 0 aliphatic rings. The number of fused-ring (bicyclic) bond motifs is 1. The zero-order valence-corrected chi connectivity index (χ0v) is 25.6. The predicted octanol–water partition coefficient (Wildman–Crippen LogP) is 6.02. The molecular weight excluding hydrogens is 583 g/mol. The van der Waals surface area contributed by atoms with Crippen molar-refractivity contribution in [1.29, 1.82) is 0 Å². The van der Waals surface area contributed by atoms with Crippen LogP contribution in [0.1, 0.15) is 42.5 Å². The molecule has 0 spiro atoms. The van der Waals surface area contributed by atoms with Gasteiger partial charge in [-0.05, 0) is 54.6 Å². The van der Waals surface area contributed by atoms with Crippen LogP contribution in [0.2, 0.25) is 0 Å². The Labute approximate surface area is 265 Å². The lowest BCUT2D eigenvalue weighted by atomic mass is 9.99. The van der Waals surface area contributed by atoms with Gasteiger partial charge in [0.05, 0.1) is 30.9 Å². The van der Waals surface area contributed by atoms with Crippen molar-refractivity contribution < 1.29 is 13.9 Å². The number of nitrogens with two attached hydrogens (primary N) is 1. The van der Waals surface area contributed by atoms with Gasteiger partial charge in [-0.15, -0.1) is 0 Å². The normalized spacial score (nSPS) is 11.8. The molecule has 6 rings (SSSR count). The summed E-state index contributed by atoms with van der Waals surface area (Å²) < 4.78 is 23.9.